The predicted octanol–water partition coefficient (Wildman–Crippen LogP) is -1.98. The number of aliphatic carboxylic acids is 1. The molecule has 1 saturated heterocycles. The standard InChI is InChI=1S/C21H19N7O7S2/c1-35-26-14(13-8-37-21(24-13)23-10-30)17(31)25-15-18(32)28-16(20(33)34)11(7-36-19(15)28)5-27-4-2-3-12(6-27)22-9-29/h2-4,6,8-10,15,19H,5,7H2,1H3,(H3-,22,23,24,25,29,30,31,33,34)/b26-14+/t15?,19-/m1/s1. The SMILES string of the molecule is CO/N=C(/C(=O)NC1C(=O)N2C(C(=O)[O-])=C(C[n+]3cccc(NC=O)c3)CS[C@H]12)c1csc(NC=O)n1. The van der Waals surface area contributed by atoms with E-state index in [0.29, 0.717) is 24.1 Å². The molecule has 2 aliphatic heterocycles. The third-order valence-electron chi connectivity index (χ3n) is 5.31. The number of hydrogen-bond acceptors (Lipinski definition) is 11. The molecule has 0 spiro atoms. The number of amides is 4. The number of thioether (sulfide) groups is 1. The van der Waals surface area contributed by atoms with E-state index in [9.17, 15) is 29.1 Å². The van der Waals surface area contributed by atoms with Gasteiger partial charge in [0.15, 0.2) is 29.8 Å². The van der Waals surface area contributed by atoms with Crippen LogP contribution in [-0.4, -0.2) is 70.5 Å². The molecule has 0 radical (unpaired) electrons. The van der Waals surface area contributed by atoms with Gasteiger partial charge in [-0.25, -0.2) is 4.98 Å². The van der Waals surface area contributed by atoms with Gasteiger partial charge in [0, 0.05) is 22.8 Å². The zero-order valence-electron chi connectivity index (χ0n) is 19.1. The molecule has 0 saturated carbocycles. The number of pyridine rings is 1. The highest BCUT2D eigenvalue weighted by Gasteiger charge is 2.53. The minimum absolute atomic E-state index is 0.120. The number of β-lactam (4-membered cyclic amide) rings is 1. The van der Waals surface area contributed by atoms with Crippen molar-refractivity contribution < 1.29 is 38.5 Å². The number of carbonyl (C=O) groups excluding carboxylic acids is 5. The van der Waals surface area contributed by atoms with E-state index in [0.717, 1.165) is 16.2 Å². The molecule has 2 atom stereocenters. The highest BCUT2D eigenvalue weighted by molar-refractivity contribution is 8.00. The Hall–Kier alpha value is -4.31. The fourth-order valence-electron chi connectivity index (χ4n) is 3.79. The molecular weight excluding hydrogens is 526 g/mol. The molecule has 2 aliphatic rings. The van der Waals surface area contributed by atoms with Gasteiger partial charge in [-0.1, -0.05) is 5.16 Å². The second kappa shape index (κ2) is 11.2. The van der Waals surface area contributed by atoms with Crippen molar-refractivity contribution in [2.45, 2.75) is 18.0 Å². The minimum atomic E-state index is -1.51. The summed E-state index contributed by atoms with van der Waals surface area (Å²) in [5, 5.41) is 24.2. The third-order valence-corrected chi connectivity index (χ3v) is 7.42. The topological polar surface area (TPSA) is 186 Å². The Morgan fingerprint density at radius 2 is 2.14 bits per heavy atom. The zero-order valence-corrected chi connectivity index (χ0v) is 20.7. The molecule has 16 heteroatoms. The summed E-state index contributed by atoms with van der Waals surface area (Å²) in [5.74, 6) is -2.64. The smallest absolute Gasteiger partial charge is 0.276 e. The molecule has 2 aromatic heterocycles. The summed E-state index contributed by atoms with van der Waals surface area (Å²) in [4.78, 5) is 69.2. The maximum atomic E-state index is 13.0. The number of anilines is 2. The minimum Gasteiger partial charge on any atom is -0.543 e. The summed E-state index contributed by atoms with van der Waals surface area (Å²) in [7, 11) is 1.23. The fraction of sp³-hybridized carbons (Fsp3) is 0.238. The molecule has 4 heterocycles. The average molecular weight is 546 g/mol. The van der Waals surface area contributed by atoms with Crippen LogP contribution < -0.4 is 25.6 Å². The molecule has 3 N–H and O–H groups in total. The Bertz CT molecular complexity index is 1330. The van der Waals surface area contributed by atoms with E-state index in [-0.39, 0.29) is 34.5 Å². The van der Waals surface area contributed by atoms with Crippen LogP contribution in [0.25, 0.3) is 0 Å². The molecule has 192 valence electrons. The van der Waals surface area contributed by atoms with Gasteiger partial charge < -0.3 is 30.7 Å². The van der Waals surface area contributed by atoms with Crippen molar-refractivity contribution in [2.24, 2.45) is 5.16 Å². The van der Waals surface area contributed by atoms with Gasteiger partial charge in [0.1, 0.15) is 29.9 Å². The van der Waals surface area contributed by atoms with Crippen LogP contribution >= 0.6 is 23.1 Å². The lowest BCUT2D eigenvalue weighted by Gasteiger charge is -2.50. The maximum absolute atomic E-state index is 13.0. The Kier molecular flexibility index (Phi) is 7.78. The number of fused-ring (bicyclic) bond motifs is 1. The normalized spacial score (nSPS) is 18.9. The van der Waals surface area contributed by atoms with Gasteiger partial charge in [-0.3, -0.25) is 24.1 Å². The van der Waals surface area contributed by atoms with E-state index >= 15 is 0 Å². The monoisotopic (exact) mass is 545 g/mol. The molecule has 0 bridgehead atoms. The Morgan fingerprint density at radius 1 is 1.35 bits per heavy atom. The lowest BCUT2D eigenvalue weighted by atomic mass is 10.0. The van der Waals surface area contributed by atoms with Gasteiger partial charge in [-0.2, -0.15) is 4.57 Å². The molecule has 1 fully saturated rings. The summed E-state index contributed by atoms with van der Waals surface area (Å²) in [6.07, 6.45) is 4.28. The van der Waals surface area contributed by atoms with Gasteiger partial charge >= 0.3 is 0 Å². The first kappa shape index (κ1) is 25.8. The first-order chi connectivity index (χ1) is 17.9. The Labute approximate surface area is 217 Å². The number of nitrogens with zero attached hydrogens (tertiary/aromatic N) is 4. The van der Waals surface area contributed by atoms with Crippen molar-refractivity contribution in [3.63, 3.8) is 0 Å². The molecule has 1 unspecified atom stereocenters. The lowest BCUT2D eigenvalue weighted by molar-refractivity contribution is -0.688. The van der Waals surface area contributed by atoms with E-state index in [2.05, 4.69) is 26.1 Å². The number of oxime groups is 1. The van der Waals surface area contributed by atoms with Crippen LogP contribution in [0.4, 0.5) is 10.8 Å². The maximum Gasteiger partial charge on any atom is 0.276 e. The van der Waals surface area contributed by atoms with Crippen molar-refractivity contribution >= 4 is 70.2 Å². The van der Waals surface area contributed by atoms with Crippen LogP contribution in [-0.2, 0) is 35.4 Å². The number of thiazole rings is 1. The molecule has 2 aromatic rings. The van der Waals surface area contributed by atoms with Gasteiger partial charge in [-0.15, -0.1) is 23.1 Å². The third kappa shape index (κ3) is 5.29. The van der Waals surface area contributed by atoms with E-state index in [1.54, 1.807) is 29.1 Å². The lowest BCUT2D eigenvalue weighted by Crippen LogP contribution is -2.71. The molecule has 37 heavy (non-hydrogen) atoms. The molecule has 4 amide bonds. The largest absolute Gasteiger partial charge is 0.543 e. The highest BCUT2D eigenvalue weighted by atomic mass is 32.2. The zero-order chi connectivity index (χ0) is 26.5. The first-order valence-corrected chi connectivity index (χ1v) is 12.5. The molecule has 0 aliphatic carbocycles. The van der Waals surface area contributed by atoms with Crippen LogP contribution in [0.5, 0.6) is 0 Å². The number of hydrogen-bond donors (Lipinski definition) is 3. The average Bonchev–Trinajstić information content (AvgIpc) is 3.34. The number of aromatic nitrogens is 2. The van der Waals surface area contributed by atoms with Gasteiger partial charge in [0.05, 0.1) is 11.7 Å². The van der Waals surface area contributed by atoms with Crippen LogP contribution in [0, 0.1) is 0 Å². The van der Waals surface area contributed by atoms with Crippen molar-refractivity contribution in [2.75, 3.05) is 23.5 Å². The summed E-state index contributed by atoms with van der Waals surface area (Å²) in [6.45, 7) is 0.143. The highest BCUT2D eigenvalue weighted by Crippen LogP contribution is 2.40. The predicted molar refractivity (Wildman–Crippen MR) is 129 cm³/mol. The van der Waals surface area contributed by atoms with E-state index < -0.39 is 29.2 Å². The van der Waals surface area contributed by atoms with E-state index in [1.807, 2.05) is 0 Å². The molecule has 14 nitrogen and oxygen atoms in total. The first-order valence-electron chi connectivity index (χ1n) is 10.5. The number of carbonyl (C=O) groups is 5. The van der Waals surface area contributed by atoms with Crippen LogP contribution in [0.3, 0.4) is 0 Å². The van der Waals surface area contributed by atoms with Crippen LogP contribution in [0.15, 0.2) is 46.3 Å². The second-order valence-electron chi connectivity index (χ2n) is 7.55. The summed E-state index contributed by atoms with van der Waals surface area (Å²) in [5.41, 5.74) is 0.595. The molecular formula is C21H19N7O7S2. The number of carboxylic acids is 1. The molecule has 0 aromatic carbocycles. The molecule has 4 rings (SSSR count). The van der Waals surface area contributed by atoms with Crippen molar-refractivity contribution in [1.82, 2.24) is 15.2 Å². The fourth-order valence-corrected chi connectivity index (χ4v) is 5.78. The van der Waals surface area contributed by atoms with Crippen LogP contribution in [0.1, 0.15) is 5.69 Å². The van der Waals surface area contributed by atoms with E-state index in [1.165, 1.54) is 24.3 Å². The van der Waals surface area contributed by atoms with Crippen molar-refractivity contribution in [3.8, 4) is 0 Å². The second-order valence-corrected chi connectivity index (χ2v) is 9.51. The summed E-state index contributed by atoms with van der Waals surface area (Å²) < 4.78 is 1.67. The van der Waals surface area contributed by atoms with Crippen molar-refractivity contribution in [3.05, 3.63) is 46.9 Å². The number of rotatable bonds is 11. The number of carboxylic acid groups (broad SMARTS) is 1. The van der Waals surface area contributed by atoms with Gasteiger partial charge in [0.2, 0.25) is 12.8 Å². The summed E-state index contributed by atoms with van der Waals surface area (Å²) >= 11 is 2.34. The quantitative estimate of drug-likeness (QED) is 0.0946. The number of nitrogens with one attached hydrogen (secondary N) is 3. The van der Waals surface area contributed by atoms with Crippen molar-refractivity contribution in [1.29, 1.82) is 0 Å². The Morgan fingerprint density at radius 3 is 2.84 bits per heavy atom. The Balaban J connectivity index is 1.52. The van der Waals surface area contributed by atoms with Crippen LogP contribution in [0.2, 0.25) is 0 Å². The van der Waals surface area contributed by atoms with E-state index in [4.69, 9.17) is 4.84 Å². The van der Waals surface area contributed by atoms with Gasteiger partial charge in [-0.05, 0) is 6.07 Å². The summed E-state index contributed by atoms with van der Waals surface area (Å²) in [6, 6.07) is 2.33. The van der Waals surface area contributed by atoms with Gasteiger partial charge in [0.25, 0.3) is 11.8 Å².